The summed E-state index contributed by atoms with van der Waals surface area (Å²) in [6.07, 6.45) is 1.30. The first-order valence-corrected chi connectivity index (χ1v) is 6.73. The molecule has 0 amide bonds. The van der Waals surface area contributed by atoms with Crippen molar-refractivity contribution < 1.29 is 15.0 Å². The molecule has 1 unspecified atom stereocenters. The molecule has 3 N–H and O–H groups in total. The molecule has 106 valence electrons. The van der Waals surface area contributed by atoms with E-state index in [1.807, 2.05) is 44.2 Å². The first-order valence-electron chi connectivity index (χ1n) is 6.73. The summed E-state index contributed by atoms with van der Waals surface area (Å²) in [7, 11) is 0. The summed E-state index contributed by atoms with van der Waals surface area (Å²) in [4.78, 5) is 11.3. The van der Waals surface area contributed by atoms with Crippen molar-refractivity contribution in [1.82, 2.24) is 5.32 Å². The Bertz CT molecular complexity index is 388. The lowest BCUT2D eigenvalue weighted by Gasteiger charge is -2.26. The number of hydrogen-bond donors (Lipinski definition) is 3. The third-order valence-corrected chi connectivity index (χ3v) is 3.62. The average Bonchev–Trinajstić information content (AvgIpc) is 2.44. The Labute approximate surface area is 114 Å². The van der Waals surface area contributed by atoms with E-state index in [0.29, 0.717) is 25.9 Å². The molecular weight excluding hydrogens is 242 g/mol. The van der Waals surface area contributed by atoms with E-state index in [2.05, 4.69) is 5.32 Å². The number of rotatable bonds is 8. The van der Waals surface area contributed by atoms with Crippen molar-refractivity contribution in [1.29, 1.82) is 0 Å². The lowest BCUT2D eigenvalue weighted by Crippen LogP contribution is -2.41. The highest BCUT2D eigenvalue weighted by atomic mass is 16.4. The van der Waals surface area contributed by atoms with Gasteiger partial charge in [-0.15, -0.1) is 0 Å². The molecule has 0 aliphatic carbocycles. The molecule has 0 saturated carbocycles. The molecule has 4 nitrogen and oxygen atoms in total. The van der Waals surface area contributed by atoms with Gasteiger partial charge in [-0.05, 0) is 18.4 Å². The summed E-state index contributed by atoms with van der Waals surface area (Å²) in [5.41, 5.74) is 0.0266. The van der Waals surface area contributed by atoms with E-state index >= 15 is 0 Å². The molecule has 0 bridgehead atoms. The van der Waals surface area contributed by atoms with Gasteiger partial charge in [0.25, 0.3) is 0 Å². The number of carboxylic acids is 1. The molecule has 1 aromatic carbocycles. The van der Waals surface area contributed by atoms with Gasteiger partial charge in [-0.25, -0.2) is 0 Å². The van der Waals surface area contributed by atoms with E-state index in [9.17, 15) is 15.0 Å². The maximum absolute atomic E-state index is 11.3. The van der Waals surface area contributed by atoms with E-state index in [0.717, 1.165) is 5.56 Å². The summed E-state index contributed by atoms with van der Waals surface area (Å²) in [5, 5.41) is 22.5. The Morgan fingerprint density at radius 1 is 1.26 bits per heavy atom. The Morgan fingerprint density at radius 2 is 1.84 bits per heavy atom. The summed E-state index contributed by atoms with van der Waals surface area (Å²) in [6, 6.07) is 9.15. The average molecular weight is 265 g/mol. The monoisotopic (exact) mass is 265 g/mol. The minimum atomic E-state index is -0.852. The number of aliphatic carboxylic acids is 1. The fraction of sp³-hybridized carbons (Fsp3) is 0.533. The zero-order valence-electron chi connectivity index (χ0n) is 11.6. The van der Waals surface area contributed by atoms with Crippen LogP contribution in [-0.2, 0) is 4.79 Å². The molecule has 0 spiro atoms. The zero-order chi connectivity index (χ0) is 14.3. The van der Waals surface area contributed by atoms with E-state index in [-0.39, 0.29) is 0 Å². The third-order valence-electron chi connectivity index (χ3n) is 3.62. The minimum Gasteiger partial charge on any atom is -0.481 e. The van der Waals surface area contributed by atoms with Gasteiger partial charge in [0.05, 0.1) is 11.5 Å². The molecule has 19 heavy (non-hydrogen) atoms. The molecule has 1 atom stereocenters. The molecule has 0 fully saturated rings. The summed E-state index contributed by atoms with van der Waals surface area (Å²) >= 11 is 0. The van der Waals surface area contributed by atoms with Gasteiger partial charge in [-0.3, -0.25) is 4.79 Å². The van der Waals surface area contributed by atoms with Gasteiger partial charge >= 0.3 is 5.97 Å². The van der Waals surface area contributed by atoms with Crippen LogP contribution >= 0.6 is 0 Å². The van der Waals surface area contributed by atoms with Crippen molar-refractivity contribution in [2.45, 2.75) is 38.2 Å². The highest BCUT2D eigenvalue weighted by molar-refractivity contribution is 5.76. The van der Waals surface area contributed by atoms with Crippen LogP contribution in [0.5, 0.6) is 0 Å². The van der Waals surface area contributed by atoms with Gasteiger partial charge in [-0.2, -0.15) is 0 Å². The molecule has 0 saturated heterocycles. The predicted octanol–water partition coefficient (Wildman–Crippen LogP) is 2.00. The number of carboxylic acid groups (broad SMARTS) is 1. The normalized spacial score (nSPS) is 13.2. The molecule has 0 heterocycles. The molecule has 4 heteroatoms. The lowest BCUT2D eigenvalue weighted by molar-refractivity contribution is -0.138. The van der Waals surface area contributed by atoms with E-state index in [1.54, 1.807) is 0 Å². The van der Waals surface area contributed by atoms with E-state index in [1.165, 1.54) is 0 Å². The second-order valence-electron chi connectivity index (χ2n) is 4.86. The number of benzene rings is 1. The van der Waals surface area contributed by atoms with Crippen LogP contribution < -0.4 is 5.32 Å². The lowest BCUT2D eigenvalue weighted by atomic mass is 9.96. The summed E-state index contributed by atoms with van der Waals surface area (Å²) < 4.78 is 0. The van der Waals surface area contributed by atoms with Crippen LogP contribution in [0.15, 0.2) is 30.3 Å². The van der Waals surface area contributed by atoms with Crippen molar-refractivity contribution in [3.8, 4) is 0 Å². The topological polar surface area (TPSA) is 69.6 Å². The smallest absolute Gasteiger partial charge is 0.312 e. The maximum atomic E-state index is 11.3. The number of carbonyl (C=O) groups is 1. The summed E-state index contributed by atoms with van der Waals surface area (Å²) in [6.45, 7) is 4.59. The van der Waals surface area contributed by atoms with E-state index in [4.69, 9.17) is 0 Å². The van der Waals surface area contributed by atoms with E-state index < -0.39 is 17.5 Å². The number of hydrogen-bond acceptors (Lipinski definition) is 3. The van der Waals surface area contributed by atoms with Gasteiger partial charge < -0.3 is 15.5 Å². The fourth-order valence-electron chi connectivity index (χ4n) is 1.98. The first kappa shape index (κ1) is 15.7. The Kier molecular flexibility index (Phi) is 5.99. The van der Waals surface area contributed by atoms with Crippen LogP contribution in [0.4, 0.5) is 0 Å². The standard InChI is InChI=1S/C15H23NO3/c1-3-15(19,4-2)11-16-10-13(14(17)18)12-8-6-5-7-9-12/h5-9,13,16,19H,3-4,10-11H2,1-2H3,(H,17,18). The van der Waals surface area contributed by atoms with Crippen molar-refractivity contribution in [3.63, 3.8) is 0 Å². The van der Waals surface area contributed by atoms with Crippen molar-refractivity contribution in [2.75, 3.05) is 13.1 Å². The highest BCUT2D eigenvalue weighted by Crippen LogP contribution is 2.16. The minimum absolute atomic E-state index is 0.321. The molecule has 0 radical (unpaired) electrons. The van der Waals surface area contributed by atoms with Gasteiger partial charge in [-0.1, -0.05) is 44.2 Å². The predicted molar refractivity (Wildman–Crippen MR) is 75.2 cm³/mol. The van der Waals surface area contributed by atoms with Crippen LogP contribution in [0.3, 0.4) is 0 Å². The van der Waals surface area contributed by atoms with Crippen LogP contribution in [0.25, 0.3) is 0 Å². The SMILES string of the molecule is CCC(O)(CC)CNCC(C(=O)O)c1ccccc1. The zero-order valence-corrected chi connectivity index (χ0v) is 11.6. The Balaban J connectivity index is 2.60. The van der Waals surface area contributed by atoms with Gasteiger partial charge in [0.15, 0.2) is 0 Å². The van der Waals surface area contributed by atoms with Crippen LogP contribution in [0.2, 0.25) is 0 Å². The molecule has 0 aliphatic rings. The second-order valence-corrected chi connectivity index (χ2v) is 4.86. The number of nitrogens with one attached hydrogen (secondary N) is 1. The fourth-order valence-corrected chi connectivity index (χ4v) is 1.98. The molecule has 0 aliphatic heterocycles. The highest BCUT2D eigenvalue weighted by Gasteiger charge is 2.24. The molecule has 1 aromatic rings. The maximum Gasteiger partial charge on any atom is 0.312 e. The van der Waals surface area contributed by atoms with Gasteiger partial charge in [0, 0.05) is 13.1 Å². The van der Waals surface area contributed by atoms with Gasteiger partial charge in [0.2, 0.25) is 0 Å². The van der Waals surface area contributed by atoms with Crippen molar-refractivity contribution in [3.05, 3.63) is 35.9 Å². The van der Waals surface area contributed by atoms with Crippen LogP contribution in [-0.4, -0.2) is 34.9 Å². The molecule has 1 rings (SSSR count). The molecule has 0 aromatic heterocycles. The first-order chi connectivity index (χ1) is 9.02. The quantitative estimate of drug-likeness (QED) is 0.672. The van der Waals surface area contributed by atoms with Crippen molar-refractivity contribution >= 4 is 5.97 Å². The largest absolute Gasteiger partial charge is 0.481 e. The van der Waals surface area contributed by atoms with Gasteiger partial charge in [0.1, 0.15) is 0 Å². The van der Waals surface area contributed by atoms with Crippen molar-refractivity contribution in [2.24, 2.45) is 0 Å². The Morgan fingerprint density at radius 3 is 2.32 bits per heavy atom. The van der Waals surface area contributed by atoms with Crippen LogP contribution in [0, 0.1) is 0 Å². The van der Waals surface area contributed by atoms with Crippen LogP contribution in [0.1, 0.15) is 38.2 Å². The Hall–Kier alpha value is -1.39. The second kappa shape index (κ2) is 7.26. The molecular formula is C15H23NO3. The number of aliphatic hydroxyl groups is 1. The third kappa shape index (κ3) is 4.65. The summed E-state index contributed by atoms with van der Waals surface area (Å²) in [5.74, 6) is -1.44.